The zero-order valence-electron chi connectivity index (χ0n) is 12.6. The van der Waals surface area contributed by atoms with Gasteiger partial charge < -0.3 is 4.74 Å². The second-order valence-corrected chi connectivity index (χ2v) is 8.28. The van der Waals surface area contributed by atoms with E-state index in [1.807, 2.05) is 6.92 Å². The minimum absolute atomic E-state index is 0.00790. The van der Waals surface area contributed by atoms with Crippen molar-refractivity contribution in [2.24, 2.45) is 5.92 Å². The van der Waals surface area contributed by atoms with Crippen molar-refractivity contribution in [2.45, 2.75) is 50.5 Å². The summed E-state index contributed by atoms with van der Waals surface area (Å²) < 4.78 is 34.2. The Bertz CT molecular complexity index is 616. The summed E-state index contributed by atoms with van der Waals surface area (Å²) >= 11 is 3.39. The van der Waals surface area contributed by atoms with E-state index in [9.17, 15) is 8.42 Å². The van der Waals surface area contributed by atoms with Crippen molar-refractivity contribution in [3.05, 3.63) is 22.2 Å². The normalized spacial score (nSPS) is 23.0. The van der Waals surface area contributed by atoms with Gasteiger partial charge in [-0.3, -0.25) is 0 Å². The van der Waals surface area contributed by atoms with Gasteiger partial charge in [0.15, 0.2) is 0 Å². The van der Waals surface area contributed by atoms with Crippen molar-refractivity contribution in [2.75, 3.05) is 7.11 Å². The second kappa shape index (κ2) is 6.67. The van der Waals surface area contributed by atoms with Crippen LogP contribution < -0.4 is 9.46 Å². The minimum atomic E-state index is -3.58. The third kappa shape index (κ3) is 3.79. The number of methoxy groups -OCH3 is 1. The predicted molar refractivity (Wildman–Crippen MR) is 87.2 cm³/mol. The van der Waals surface area contributed by atoms with Crippen LogP contribution in [0.2, 0.25) is 0 Å². The highest BCUT2D eigenvalue weighted by molar-refractivity contribution is 9.10. The molecule has 0 amide bonds. The van der Waals surface area contributed by atoms with Crippen molar-refractivity contribution >= 4 is 26.0 Å². The standard InChI is InChI=1S/C15H22BrNO3S/c1-10-6-4-5-7-13(10)17-21(18,19)15-9-12(16)11(2)8-14(15)20-3/h8-10,13,17H,4-7H2,1-3H3. The summed E-state index contributed by atoms with van der Waals surface area (Å²) in [4.78, 5) is 0.195. The van der Waals surface area contributed by atoms with Crippen LogP contribution >= 0.6 is 15.9 Å². The summed E-state index contributed by atoms with van der Waals surface area (Å²) in [5.41, 5.74) is 0.942. The number of nitrogens with one attached hydrogen (secondary N) is 1. The van der Waals surface area contributed by atoms with E-state index in [0.717, 1.165) is 29.3 Å². The van der Waals surface area contributed by atoms with Gasteiger partial charge in [-0.1, -0.05) is 35.7 Å². The molecule has 0 radical (unpaired) electrons. The lowest BCUT2D eigenvalue weighted by molar-refractivity contribution is 0.310. The van der Waals surface area contributed by atoms with Crippen molar-refractivity contribution in [1.29, 1.82) is 0 Å². The molecular formula is C15H22BrNO3S. The molecule has 118 valence electrons. The first-order valence-electron chi connectivity index (χ1n) is 7.21. The maximum Gasteiger partial charge on any atom is 0.244 e. The molecule has 1 aromatic rings. The Morgan fingerprint density at radius 1 is 1.29 bits per heavy atom. The molecule has 0 saturated heterocycles. The maximum atomic E-state index is 12.7. The van der Waals surface area contributed by atoms with Gasteiger partial charge in [0.05, 0.1) is 7.11 Å². The number of ether oxygens (including phenoxy) is 1. The third-order valence-electron chi connectivity index (χ3n) is 4.15. The van der Waals surface area contributed by atoms with E-state index >= 15 is 0 Å². The fraction of sp³-hybridized carbons (Fsp3) is 0.600. The van der Waals surface area contributed by atoms with Gasteiger partial charge >= 0.3 is 0 Å². The molecule has 0 spiro atoms. The average molecular weight is 376 g/mol. The molecule has 6 heteroatoms. The van der Waals surface area contributed by atoms with E-state index in [1.54, 1.807) is 12.1 Å². The lowest BCUT2D eigenvalue weighted by Crippen LogP contribution is -2.41. The Morgan fingerprint density at radius 2 is 1.95 bits per heavy atom. The molecule has 2 rings (SSSR count). The second-order valence-electron chi connectivity index (χ2n) is 5.74. The van der Waals surface area contributed by atoms with E-state index in [-0.39, 0.29) is 10.9 Å². The molecule has 4 nitrogen and oxygen atoms in total. The molecule has 2 unspecified atom stereocenters. The largest absolute Gasteiger partial charge is 0.495 e. The van der Waals surface area contributed by atoms with E-state index in [0.29, 0.717) is 11.7 Å². The van der Waals surface area contributed by atoms with Gasteiger partial charge in [0.2, 0.25) is 10.0 Å². The fourth-order valence-corrected chi connectivity index (χ4v) is 4.81. The Hall–Kier alpha value is -0.590. The van der Waals surface area contributed by atoms with E-state index in [4.69, 9.17) is 4.74 Å². The Kier molecular flexibility index (Phi) is 5.33. The molecule has 2 atom stereocenters. The Labute approximate surface area is 135 Å². The number of benzene rings is 1. The van der Waals surface area contributed by atoms with Crippen LogP contribution in [0.15, 0.2) is 21.5 Å². The van der Waals surface area contributed by atoms with Crippen molar-refractivity contribution in [1.82, 2.24) is 4.72 Å². The van der Waals surface area contributed by atoms with Crippen LogP contribution in [0.5, 0.6) is 5.75 Å². The topological polar surface area (TPSA) is 55.4 Å². The summed E-state index contributed by atoms with van der Waals surface area (Å²) in [6.45, 7) is 4.01. The van der Waals surface area contributed by atoms with Gasteiger partial charge in [-0.05, 0) is 43.4 Å². The van der Waals surface area contributed by atoms with Gasteiger partial charge in [0.25, 0.3) is 0 Å². The molecule has 1 saturated carbocycles. The smallest absolute Gasteiger partial charge is 0.244 e. The highest BCUT2D eigenvalue weighted by atomic mass is 79.9. The van der Waals surface area contributed by atoms with Gasteiger partial charge in [-0.25, -0.2) is 13.1 Å². The zero-order chi connectivity index (χ0) is 15.6. The van der Waals surface area contributed by atoms with Crippen LogP contribution in [-0.2, 0) is 10.0 Å². The third-order valence-corrected chi connectivity index (χ3v) is 6.52. The molecular weight excluding hydrogens is 354 g/mol. The molecule has 0 aromatic heterocycles. The first-order chi connectivity index (χ1) is 9.85. The zero-order valence-corrected chi connectivity index (χ0v) is 15.1. The fourth-order valence-electron chi connectivity index (χ4n) is 2.76. The van der Waals surface area contributed by atoms with Crippen LogP contribution in [-0.4, -0.2) is 21.6 Å². The highest BCUT2D eigenvalue weighted by Gasteiger charge is 2.29. The van der Waals surface area contributed by atoms with Crippen LogP contribution in [0, 0.1) is 12.8 Å². The monoisotopic (exact) mass is 375 g/mol. The summed E-state index contributed by atoms with van der Waals surface area (Å²) in [6.07, 6.45) is 4.22. The first kappa shape index (κ1) is 16.8. The molecule has 1 aliphatic carbocycles. The number of hydrogen-bond acceptors (Lipinski definition) is 3. The number of rotatable bonds is 4. The molecule has 0 bridgehead atoms. The molecule has 0 heterocycles. The van der Waals surface area contributed by atoms with Crippen molar-refractivity contribution in [3.8, 4) is 5.75 Å². The predicted octanol–water partition coefficient (Wildman–Crippen LogP) is 3.62. The number of hydrogen-bond donors (Lipinski definition) is 1. The summed E-state index contributed by atoms with van der Waals surface area (Å²) in [6, 6.07) is 3.36. The maximum absolute atomic E-state index is 12.7. The Balaban J connectivity index is 2.33. The van der Waals surface area contributed by atoms with E-state index in [1.165, 1.54) is 13.5 Å². The quantitative estimate of drug-likeness (QED) is 0.873. The van der Waals surface area contributed by atoms with Crippen LogP contribution in [0.3, 0.4) is 0 Å². The molecule has 1 aliphatic rings. The highest BCUT2D eigenvalue weighted by Crippen LogP contribution is 2.32. The molecule has 1 fully saturated rings. The SMILES string of the molecule is COc1cc(C)c(Br)cc1S(=O)(=O)NC1CCCCC1C. The number of aryl methyl sites for hydroxylation is 1. The van der Waals surface area contributed by atoms with Gasteiger partial charge in [-0.15, -0.1) is 0 Å². The summed E-state index contributed by atoms with van der Waals surface area (Å²) in [5, 5.41) is 0. The van der Waals surface area contributed by atoms with Gasteiger partial charge in [0, 0.05) is 10.5 Å². The van der Waals surface area contributed by atoms with Crippen molar-refractivity contribution in [3.63, 3.8) is 0 Å². The van der Waals surface area contributed by atoms with Crippen molar-refractivity contribution < 1.29 is 13.2 Å². The van der Waals surface area contributed by atoms with Crippen LogP contribution in [0.4, 0.5) is 0 Å². The first-order valence-corrected chi connectivity index (χ1v) is 9.49. The van der Waals surface area contributed by atoms with Gasteiger partial charge in [-0.2, -0.15) is 0 Å². The minimum Gasteiger partial charge on any atom is -0.495 e. The Morgan fingerprint density at radius 3 is 2.57 bits per heavy atom. The average Bonchev–Trinajstić information content (AvgIpc) is 2.43. The van der Waals surface area contributed by atoms with Crippen LogP contribution in [0.1, 0.15) is 38.2 Å². The lowest BCUT2D eigenvalue weighted by Gasteiger charge is -2.29. The van der Waals surface area contributed by atoms with E-state index < -0.39 is 10.0 Å². The van der Waals surface area contributed by atoms with Crippen LogP contribution in [0.25, 0.3) is 0 Å². The summed E-state index contributed by atoms with van der Waals surface area (Å²) in [7, 11) is -2.09. The number of sulfonamides is 1. The van der Waals surface area contributed by atoms with E-state index in [2.05, 4.69) is 27.6 Å². The molecule has 0 aliphatic heterocycles. The summed E-state index contributed by atoms with van der Waals surface area (Å²) in [5.74, 6) is 0.750. The molecule has 1 N–H and O–H groups in total. The molecule has 1 aromatic carbocycles. The lowest BCUT2D eigenvalue weighted by atomic mass is 9.87. The number of halogens is 1. The molecule has 21 heavy (non-hydrogen) atoms. The van der Waals surface area contributed by atoms with Gasteiger partial charge in [0.1, 0.15) is 10.6 Å².